The fourth-order valence-corrected chi connectivity index (χ4v) is 2.08. The minimum Gasteiger partial charge on any atom is -0.481 e. The van der Waals surface area contributed by atoms with E-state index in [1.54, 1.807) is 19.1 Å². The monoisotopic (exact) mass is 349 g/mol. The summed E-state index contributed by atoms with van der Waals surface area (Å²) < 4.78 is 14.0. The second-order valence-electron chi connectivity index (χ2n) is 5.36. The first-order valence-electron chi connectivity index (χ1n) is 8.01. The number of carboxylic acid groups (broad SMARTS) is 1. The van der Waals surface area contributed by atoms with Crippen LogP contribution in [0, 0.1) is 5.82 Å². The summed E-state index contributed by atoms with van der Waals surface area (Å²) in [7, 11) is 0. The van der Waals surface area contributed by atoms with Crippen molar-refractivity contribution in [2.24, 2.45) is 0 Å². The molecule has 25 heavy (non-hydrogen) atoms. The average Bonchev–Trinajstić information content (AvgIpc) is 2.62. The third kappa shape index (κ3) is 7.01. The Morgan fingerprint density at radius 1 is 1.08 bits per heavy atom. The van der Waals surface area contributed by atoms with Gasteiger partial charge in [-0.15, -0.1) is 0 Å². The normalized spacial score (nSPS) is 11.4. The van der Waals surface area contributed by atoms with Crippen molar-refractivity contribution in [3.8, 4) is 11.1 Å². The van der Waals surface area contributed by atoms with E-state index >= 15 is 0 Å². The minimum atomic E-state index is -0.957. The van der Waals surface area contributed by atoms with Crippen molar-refractivity contribution in [2.75, 3.05) is 26.3 Å². The van der Waals surface area contributed by atoms with Crippen LogP contribution in [-0.2, 0) is 4.79 Å². The standard InChI is InChI=1S/C15H13FO2.C4H11NO2/c1-10(15(17)18)12-7-8-13(14(16)9-12)11-5-3-2-4-6-11;6-3-1-5-2-4-7/h2-10H,1H3,(H,17,18);5-7H,1-4H2. The molecule has 6 heteroatoms. The smallest absolute Gasteiger partial charge is 0.310 e. The summed E-state index contributed by atoms with van der Waals surface area (Å²) in [4.78, 5) is 10.8. The van der Waals surface area contributed by atoms with Gasteiger partial charge in [0, 0.05) is 18.7 Å². The molecule has 0 radical (unpaired) electrons. The average molecular weight is 349 g/mol. The molecule has 1 atom stereocenters. The predicted molar refractivity (Wildman–Crippen MR) is 94.9 cm³/mol. The van der Waals surface area contributed by atoms with Gasteiger partial charge in [-0.3, -0.25) is 4.79 Å². The number of aliphatic carboxylic acids is 1. The molecule has 0 fully saturated rings. The molecule has 0 bridgehead atoms. The summed E-state index contributed by atoms with van der Waals surface area (Å²) in [5.74, 6) is -2.06. The summed E-state index contributed by atoms with van der Waals surface area (Å²) in [5.41, 5.74) is 1.74. The van der Waals surface area contributed by atoms with Crippen LogP contribution >= 0.6 is 0 Å². The van der Waals surface area contributed by atoms with Gasteiger partial charge >= 0.3 is 5.97 Å². The highest BCUT2D eigenvalue weighted by atomic mass is 19.1. The second-order valence-corrected chi connectivity index (χ2v) is 5.36. The van der Waals surface area contributed by atoms with Crippen molar-refractivity contribution in [1.29, 1.82) is 0 Å². The Morgan fingerprint density at radius 2 is 1.68 bits per heavy atom. The van der Waals surface area contributed by atoms with Crippen molar-refractivity contribution >= 4 is 5.97 Å². The van der Waals surface area contributed by atoms with Crippen molar-refractivity contribution in [2.45, 2.75) is 12.8 Å². The lowest BCUT2D eigenvalue weighted by Crippen LogP contribution is -2.21. The lowest BCUT2D eigenvalue weighted by molar-refractivity contribution is -0.138. The summed E-state index contributed by atoms with van der Waals surface area (Å²) in [5, 5.41) is 28.0. The summed E-state index contributed by atoms with van der Waals surface area (Å²) in [6.07, 6.45) is 0. The van der Waals surface area contributed by atoms with Crippen LogP contribution in [0.25, 0.3) is 11.1 Å². The van der Waals surface area contributed by atoms with E-state index in [2.05, 4.69) is 5.32 Å². The van der Waals surface area contributed by atoms with Gasteiger partial charge in [0.15, 0.2) is 0 Å². The van der Waals surface area contributed by atoms with Gasteiger partial charge in [0.25, 0.3) is 0 Å². The number of halogens is 1. The number of hydrogen-bond donors (Lipinski definition) is 4. The Balaban J connectivity index is 0.000000381. The van der Waals surface area contributed by atoms with E-state index in [1.165, 1.54) is 6.07 Å². The van der Waals surface area contributed by atoms with Crippen molar-refractivity contribution in [1.82, 2.24) is 5.32 Å². The van der Waals surface area contributed by atoms with E-state index in [-0.39, 0.29) is 13.2 Å². The third-order valence-corrected chi connectivity index (χ3v) is 3.53. The first kappa shape index (κ1) is 20.8. The Morgan fingerprint density at radius 3 is 2.16 bits per heavy atom. The van der Waals surface area contributed by atoms with E-state index < -0.39 is 17.7 Å². The van der Waals surface area contributed by atoms with Crippen molar-refractivity contribution in [3.05, 3.63) is 59.9 Å². The topological polar surface area (TPSA) is 89.8 Å². The van der Waals surface area contributed by atoms with Gasteiger partial charge < -0.3 is 20.6 Å². The second kappa shape index (κ2) is 11.3. The molecule has 0 heterocycles. The molecule has 4 N–H and O–H groups in total. The lowest BCUT2D eigenvalue weighted by atomic mass is 9.97. The number of aliphatic hydroxyl groups excluding tert-OH is 2. The Bertz CT molecular complexity index is 645. The van der Waals surface area contributed by atoms with Crippen LogP contribution in [0.2, 0.25) is 0 Å². The van der Waals surface area contributed by atoms with Gasteiger partial charge in [0.05, 0.1) is 19.1 Å². The number of carbonyl (C=O) groups is 1. The summed E-state index contributed by atoms with van der Waals surface area (Å²) >= 11 is 0. The van der Waals surface area contributed by atoms with Gasteiger partial charge in [-0.25, -0.2) is 4.39 Å². The zero-order valence-corrected chi connectivity index (χ0v) is 14.2. The lowest BCUT2D eigenvalue weighted by Gasteiger charge is -2.09. The zero-order valence-electron chi connectivity index (χ0n) is 14.2. The summed E-state index contributed by atoms with van der Waals surface area (Å²) in [6.45, 7) is 2.96. The van der Waals surface area contributed by atoms with E-state index in [0.717, 1.165) is 5.56 Å². The van der Waals surface area contributed by atoms with Crippen LogP contribution in [0.4, 0.5) is 4.39 Å². The Hall–Kier alpha value is -2.28. The maximum absolute atomic E-state index is 14.0. The Labute approximate surface area is 146 Å². The van der Waals surface area contributed by atoms with Gasteiger partial charge in [-0.05, 0) is 24.1 Å². The molecule has 0 aliphatic heterocycles. The number of benzene rings is 2. The van der Waals surface area contributed by atoms with E-state index in [0.29, 0.717) is 24.2 Å². The highest BCUT2D eigenvalue weighted by Gasteiger charge is 2.15. The molecule has 0 saturated heterocycles. The first-order chi connectivity index (χ1) is 12.0. The number of carboxylic acids is 1. The molecule has 0 aliphatic carbocycles. The van der Waals surface area contributed by atoms with E-state index in [4.69, 9.17) is 15.3 Å². The molecule has 5 nitrogen and oxygen atoms in total. The SMILES string of the molecule is CC(C(=O)O)c1ccc(-c2ccccc2)c(F)c1.OCCNCCO. The van der Waals surface area contributed by atoms with Crippen molar-refractivity contribution in [3.63, 3.8) is 0 Å². The highest BCUT2D eigenvalue weighted by Crippen LogP contribution is 2.26. The molecule has 0 saturated carbocycles. The molecular weight excluding hydrogens is 325 g/mol. The quantitative estimate of drug-likeness (QED) is 0.576. The van der Waals surface area contributed by atoms with Crippen LogP contribution in [0.1, 0.15) is 18.4 Å². The maximum atomic E-state index is 14.0. The minimum absolute atomic E-state index is 0.139. The van der Waals surface area contributed by atoms with Crippen molar-refractivity contribution < 1.29 is 24.5 Å². The molecular formula is C19H24FNO4. The number of hydrogen-bond acceptors (Lipinski definition) is 4. The van der Waals surface area contributed by atoms with Crippen LogP contribution < -0.4 is 5.32 Å². The van der Waals surface area contributed by atoms with Crippen LogP contribution in [0.15, 0.2) is 48.5 Å². The molecule has 0 aromatic heterocycles. The van der Waals surface area contributed by atoms with E-state index in [1.807, 2.05) is 30.3 Å². The zero-order chi connectivity index (χ0) is 18.7. The first-order valence-corrected chi connectivity index (χ1v) is 8.01. The van der Waals surface area contributed by atoms with Gasteiger partial charge in [-0.1, -0.05) is 42.5 Å². The Kier molecular flexibility index (Phi) is 9.39. The van der Waals surface area contributed by atoms with Gasteiger partial charge in [0.1, 0.15) is 5.82 Å². The van der Waals surface area contributed by atoms with Crippen LogP contribution in [0.3, 0.4) is 0 Å². The number of aliphatic hydroxyl groups is 2. The van der Waals surface area contributed by atoms with Gasteiger partial charge in [0.2, 0.25) is 0 Å². The molecule has 2 aromatic carbocycles. The largest absolute Gasteiger partial charge is 0.481 e. The highest BCUT2D eigenvalue weighted by molar-refractivity contribution is 5.76. The molecule has 136 valence electrons. The van der Waals surface area contributed by atoms with E-state index in [9.17, 15) is 9.18 Å². The third-order valence-electron chi connectivity index (χ3n) is 3.53. The summed E-state index contributed by atoms with van der Waals surface area (Å²) in [6, 6.07) is 13.7. The van der Waals surface area contributed by atoms with Gasteiger partial charge in [-0.2, -0.15) is 0 Å². The predicted octanol–water partition coefficient (Wildman–Crippen LogP) is 2.24. The van der Waals surface area contributed by atoms with Crippen LogP contribution in [-0.4, -0.2) is 47.6 Å². The molecule has 0 spiro atoms. The molecule has 0 amide bonds. The number of rotatable bonds is 7. The maximum Gasteiger partial charge on any atom is 0.310 e. The molecule has 0 aliphatic rings. The molecule has 2 rings (SSSR count). The number of nitrogens with one attached hydrogen (secondary N) is 1. The molecule has 1 unspecified atom stereocenters. The fourth-order valence-electron chi connectivity index (χ4n) is 2.08. The van der Waals surface area contributed by atoms with Crippen LogP contribution in [0.5, 0.6) is 0 Å². The fraction of sp³-hybridized carbons (Fsp3) is 0.316. The molecule has 2 aromatic rings.